The lowest BCUT2D eigenvalue weighted by molar-refractivity contribution is 0.0459. The zero-order chi connectivity index (χ0) is 15.1. The van der Waals surface area contributed by atoms with Crippen LogP contribution in [0.25, 0.3) is 0 Å². The standard InChI is InChI=1S/C15H28N2O3/c1-14(2,3)20-13(18)17-8-9-6-7-19-11(9)10-12(16)15(10,4)5/h9-12H,6-8,16H2,1-5H3,(H,17,18)/t9-,10-,11?,12-/m0/s1. The zero-order valence-corrected chi connectivity index (χ0v) is 13.2. The van der Waals surface area contributed by atoms with Crippen molar-refractivity contribution in [1.82, 2.24) is 5.32 Å². The molecule has 1 heterocycles. The van der Waals surface area contributed by atoms with E-state index in [1.807, 2.05) is 20.8 Å². The first-order chi connectivity index (χ1) is 9.13. The van der Waals surface area contributed by atoms with Gasteiger partial charge in [-0.05, 0) is 32.6 Å². The molecule has 1 saturated carbocycles. The third-order valence-corrected chi connectivity index (χ3v) is 4.52. The molecule has 0 aromatic heterocycles. The molecule has 0 spiro atoms. The van der Waals surface area contributed by atoms with E-state index in [4.69, 9.17) is 15.2 Å². The monoisotopic (exact) mass is 284 g/mol. The third kappa shape index (κ3) is 3.26. The van der Waals surface area contributed by atoms with E-state index in [1.54, 1.807) is 0 Å². The van der Waals surface area contributed by atoms with Crippen molar-refractivity contribution in [2.75, 3.05) is 13.2 Å². The van der Waals surface area contributed by atoms with Gasteiger partial charge in [0.1, 0.15) is 5.60 Å². The minimum absolute atomic E-state index is 0.152. The Balaban J connectivity index is 1.82. The average Bonchev–Trinajstić information content (AvgIpc) is 2.65. The van der Waals surface area contributed by atoms with Crippen LogP contribution in [0.1, 0.15) is 41.0 Å². The molecular formula is C15H28N2O3. The van der Waals surface area contributed by atoms with Crippen LogP contribution >= 0.6 is 0 Å². The molecule has 1 saturated heterocycles. The Morgan fingerprint density at radius 2 is 2.05 bits per heavy atom. The van der Waals surface area contributed by atoms with E-state index >= 15 is 0 Å². The molecule has 5 heteroatoms. The van der Waals surface area contributed by atoms with Gasteiger partial charge in [-0.3, -0.25) is 0 Å². The summed E-state index contributed by atoms with van der Waals surface area (Å²) >= 11 is 0. The van der Waals surface area contributed by atoms with Crippen LogP contribution in [0, 0.1) is 17.3 Å². The fourth-order valence-electron chi connectivity index (χ4n) is 3.15. The third-order valence-electron chi connectivity index (χ3n) is 4.52. The van der Waals surface area contributed by atoms with Crippen LogP contribution in [-0.4, -0.2) is 37.0 Å². The van der Waals surface area contributed by atoms with Crippen molar-refractivity contribution < 1.29 is 14.3 Å². The van der Waals surface area contributed by atoms with Gasteiger partial charge in [-0.1, -0.05) is 13.8 Å². The first kappa shape index (κ1) is 15.6. The molecule has 0 aromatic carbocycles. The van der Waals surface area contributed by atoms with E-state index in [9.17, 15) is 4.79 Å². The Morgan fingerprint density at radius 3 is 2.55 bits per heavy atom. The molecule has 1 unspecified atom stereocenters. The Bertz CT molecular complexity index is 376. The second-order valence-electron chi connectivity index (χ2n) is 7.64. The summed E-state index contributed by atoms with van der Waals surface area (Å²) < 4.78 is 11.1. The molecule has 0 bridgehead atoms. The van der Waals surface area contributed by atoms with E-state index in [0.29, 0.717) is 18.4 Å². The topological polar surface area (TPSA) is 73.6 Å². The molecule has 116 valence electrons. The maximum atomic E-state index is 11.7. The van der Waals surface area contributed by atoms with Gasteiger partial charge >= 0.3 is 6.09 Å². The van der Waals surface area contributed by atoms with Gasteiger partial charge in [-0.15, -0.1) is 0 Å². The van der Waals surface area contributed by atoms with Crippen LogP contribution in [0.5, 0.6) is 0 Å². The highest BCUT2D eigenvalue weighted by Gasteiger charge is 2.61. The molecule has 1 aliphatic carbocycles. The van der Waals surface area contributed by atoms with Gasteiger partial charge in [0.05, 0.1) is 6.10 Å². The molecule has 2 fully saturated rings. The zero-order valence-electron chi connectivity index (χ0n) is 13.2. The smallest absolute Gasteiger partial charge is 0.407 e. The summed E-state index contributed by atoms with van der Waals surface area (Å²) in [5.74, 6) is 0.732. The van der Waals surface area contributed by atoms with Gasteiger partial charge in [-0.25, -0.2) is 4.79 Å². The molecule has 0 aromatic rings. The largest absolute Gasteiger partial charge is 0.444 e. The molecule has 1 aliphatic heterocycles. The van der Waals surface area contributed by atoms with Crippen molar-refractivity contribution in [2.45, 2.75) is 58.8 Å². The highest BCUT2D eigenvalue weighted by Crippen LogP contribution is 2.55. The van der Waals surface area contributed by atoms with Crippen LogP contribution in [0.4, 0.5) is 4.79 Å². The Labute approximate surface area is 121 Å². The number of carbonyl (C=O) groups excluding carboxylic acids is 1. The molecule has 1 amide bonds. The lowest BCUT2D eigenvalue weighted by Crippen LogP contribution is -2.38. The Hall–Kier alpha value is -0.810. The van der Waals surface area contributed by atoms with Crippen LogP contribution in [0.2, 0.25) is 0 Å². The normalized spacial score (nSPS) is 35.7. The summed E-state index contributed by atoms with van der Waals surface area (Å²) in [6.45, 7) is 11.3. The predicted molar refractivity (Wildman–Crippen MR) is 77.3 cm³/mol. The highest BCUT2D eigenvalue weighted by molar-refractivity contribution is 5.67. The van der Waals surface area contributed by atoms with Gasteiger partial charge < -0.3 is 20.5 Å². The summed E-state index contributed by atoms with van der Waals surface area (Å²) in [5, 5.41) is 2.85. The molecule has 4 atom stereocenters. The van der Waals surface area contributed by atoms with Gasteiger partial charge in [0.15, 0.2) is 0 Å². The Kier molecular flexibility index (Phi) is 4.04. The number of nitrogens with one attached hydrogen (secondary N) is 1. The van der Waals surface area contributed by atoms with Gasteiger partial charge in [0.2, 0.25) is 0 Å². The van der Waals surface area contributed by atoms with Crippen LogP contribution in [0.3, 0.4) is 0 Å². The molecule has 20 heavy (non-hydrogen) atoms. The first-order valence-electron chi connectivity index (χ1n) is 7.47. The molecule has 5 nitrogen and oxygen atoms in total. The van der Waals surface area contributed by atoms with E-state index < -0.39 is 5.60 Å². The summed E-state index contributed by atoms with van der Waals surface area (Å²) in [6, 6.07) is 0.203. The van der Waals surface area contributed by atoms with Crippen molar-refractivity contribution in [3.8, 4) is 0 Å². The maximum Gasteiger partial charge on any atom is 0.407 e. The van der Waals surface area contributed by atoms with Crippen molar-refractivity contribution in [3.05, 3.63) is 0 Å². The summed E-state index contributed by atoms with van der Waals surface area (Å²) in [7, 11) is 0. The van der Waals surface area contributed by atoms with Crippen LogP contribution in [-0.2, 0) is 9.47 Å². The second-order valence-corrected chi connectivity index (χ2v) is 7.64. The quantitative estimate of drug-likeness (QED) is 0.830. The molecular weight excluding hydrogens is 256 g/mol. The van der Waals surface area contributed by atoms with Gasteiger partial charge in [0.25, 0.3) is 0 Å². The maximum absolute atomic E-state index is 11.7. The SMILES string of the molecule is CC(C)(C)OC(=O)NC[C@@H]1CCOC1[C@H]1[C@H](N)C1(C)C. The van der Waals surface area contributed by atoms with E-state index in [2.05, 4.69) is 19.2 Å². The second kappa shape index (κ2) is 5.19. The minimum Gasteiger partial charge on any atom is -0.444 e. The average molecular weight is 284 g/mol. The molecule has 2 rings (SSSR count). The lowest BCUT2D eigenvalue weighted by atomic mass is 9.94. The number of carbonyl (C=O) groups is 1. The molecule has 0 radical (unpaired) electrons. The van der Waals surface area contributed by atoms with E-state index in [1.165, 1.54) is 0 Å². The summed E-state index contributed by atoms with van der Waals surface area (Å²) in [5.41, 5.74) is 5.82. The predicted octanol–water partition coefficient (Wildman–Crippen LogP) is 1.90. The van der Waals surface area contributed by atoms with Gasteiger partial charge in [0, 0.05) is 31.0 Å². The molecule has 3 N–H and O–H groups in total. The number of hydrogen-bond donors (Lipinski definition) is 2. The van der Waals surface area contributed by atoms with Crippen LogP contribution in [0.15, 0.2) is 0 Å². The minimum atomic E-state index is -0.462. The van der Waals surface area contributed by atoms with Crippen LogP contribution < -0.4 is 11.1 Å². The van der Waals surface area contributed by atoms with Crippen molar-refractivity contribution in [3.63, 3.8) is 0 Å². The number of ether oxygens (including phenoxy) is 2. The van der Waals surface area contributed by atoms with E-state index in [-0.39, 0.29) is 23.7 Å². The lowest BCUT2D eigenvalue weighted by Gasteiger charge is -2.23. The van der Waals surface area contributed by atoms with Gasteiger partial charge in [-0.2, -0.15) is 0 Å². The first-order valence-corrected chi connectivity index (χ1v) is 7.47. The number of rotatable bonds is 3. The highest BCUT2D eigenvalue weighted by atomic mass is 16.6. The number of amides is 1. The fourth-order valence-corrected chi connectivity index (χ4v) is 3.15. The summed E-state index contributed by atoms with van der Waals surface area (Å²) in [4.78, 5) is 11.7. The number of hydrogen-bond acceptors (Lipinski definition) is 4. The van der Waals surface area contributed by atoms with Crippen molar-refractivity contribution in [2.24, 2.45) is 23.0 Å². The molecule has 2 aliphatic rings. The van der Waals surface area contributed by atoms with Crippen molar-refractivity contribution in [1.29, 1.82) is 0 Å². The number of alkyl carbamates (subject to hydrolysis) is 1. The number of nitrogens with two attached hydrogens (primary N) is 1. The van der Waals surface area contributed by atoms with E-state index in [0.717, 1.165) is 13.0 Å². The van der Waals surface area contributed by atoms with Crippen molar-refractivity contribution >= 4 is 6.09 Å². The summed E-state index contributed by atoms with van der Waals surface area (Å²) in [6.07, 6.45) is 0.775. The Morgan fingerprint density at radius 1 is 1.45 bits per heavy atom. The fraction of sp³-hybridized carbons (Fsp3) is 0.933.